The first-order valence-electron chi connectivity index (χ1n) is 17.6. The van der Waals surface area contributed by atoms with E-state index in [1.807, 2.05) is 0 Å². The third-order valence-electron chi connectivity index (χ3n) is 9.40. The Balaban J connectivity index is 1.57. The van der Waals surface area contributed by atoms with E-state index in [-0.39, 0.29) is 5.66 Å². The van der Waals surface area contributed by atoms with Crippen LogP contribution in [0.5, 0.6) is 0 Å². The Bertz CT molecular complexity index is 923. The van der Waals surface area contributed by atoms with Gasteiger partial charge in [-0.05, 0) is 30.4 Å². The zero-order valence-corrected chi connectivity index (χ0v) is 27.0. The van der Waals surface area contributed by atoms with Gasteiger partial charge in [0.2, 0.25) is 0 Å². The lowest BCUT2D eigenvalue weighted by Gasteiger charge is -2.51. The molecule has 1 aliphatic rings. The minimum absolute atomic E-state index is 0.0524. The van der Waals surface area contributed by atoms with Crippen molar-refractivity contribution in [3.8, 4) is 0 Å². The molecular formula is C39H62N2. The van der Waals surface area contributed by atoms with E-state index in [0.717, 1.165) is 25.9 Å². The molecule has 0 spiro atoms. The van der Waals surface area contributed by atoms with E-state index >= 15 is 0 Å². The van der Waals surface area contributed by atoms with Crippen molar-refractivity contribution in [3.05, 3.63) is 84.2 Å². The average molecular weight is 559 g/mol. The van der Waals surface area contributed by atoms with E-state index in [4.69, 9.17) is 0 Å². The molecule has 0 saturated carbocycles. The summed E-state index contributed by atoms with van der Waals surface area (Å²) >= 11 is 0. The molecule has 2 nitrogen and oxygen atoms in total. The molecule has 228 valence electrons. The van der Waals surface area contributed by atoms with Crippen molar-refractivity contribution in [1.82, 2.24) is 9.80 Å². The van der Waals surface area contributed by atoms with E-state index in [1.54, 1.807) is 0 Å². The van der Waals surface area contributed by atoms with Crippen molar-refractivity contribution in [2.24, 2.45) is 0 Å². The van der Waals surface area contributed by atoms with Crippen molar-refractivity contribution in [2.45, 2.75) is 148 Å². The van der Waals surface area contributed by atoms with Gasteiger partial charge in [-0.3, -0.25) is 0 Å². The molecule has 3 rings (SSSR count). The molecule has 0 aromatic heterocycles. The Labute approximate surface area is 254 Å². The lowest BCUT2D eigenvalue weighted by atomic mass is 9.78. The monoisotopic (exact) mass is 558 g/mol. The molecular weight excluding hydrogens is 496 g/mol. The maximum atomic E-state index is 2.75. The summed E-state index contributed by atoms with van der Waals surface area (Å²) in [6.45, 7) is 9.29. The smallest absolute Gasteiger partial charge is 0.123 e. The molecule has 0 fully saturated rings. The summed E-state index contributed by atoms with van der Waals surface area (Å²) in [5.41, 5.74) is 2.86. The average Bonchev–Trinajstić information content (AvgIpc) is 3.34. The van der Waals surface area contributed by atoms with E-state index in [2.05, 4.69) is 104 Å². The lowest BCUT2D eigenvalue weighted by Crippen LogP contribution is -2.59. The predicted octanol–water partition coefficient (Wildman–Crippen LogP) is 11.5. The summed E-state index contributed by atoms with van der Waals surface area (Å²) in [7, 11) is 0. The van der Waals surface area contributed by atoms with E-state index in [1.165, 1.54) is 114 Å². The second-order valence-electron chi connectivity index (χ2n) is 12.5. The highest BCUT2D eigenvalue weighted by molar-refractivity contribution is 5.30. The Hall–Kier alpha value is -2.22. The second-order valence-corrected chi connectivity index (χ2v) is 12.5. The van der Waals surface area contributed by atoms with Gasteiger partial charge < -0.3 is 9.80 Å². The topological polar surface area (TPSA) is 6.48 Å². The van der Waals surface area contributed by atoms with E-state index < -0.39 is 0 Å². The van der Waals surface area contributed by atoms with Crippen LogP contribution < -0.4 is 0 Å². The standard InChI is InChI=1S/C39H62N2/c1-4-7-9-10-11-12-13-14-15-16-17-18-19-26-32-41-34-33-40(31-8-5-2)39(41,35-36-27-22-20-23-28-36)38(6-3)37-29-24-21-25-30-37/h20-25,27-30,33-34,38H,4-19,26,31-32,35H2,1-3H3. The van der Waals surface area contributed by atoms with E-state index in [0.29, 0.717) is 5.92 Å². The Morgan fingerprint density at radius 1 is 0.512 bits per heavy atom. The quantitative estimate of drug-likeness (QED) is 0.125. The number of hydrogen-bond acceptors (Lipinski definition) is 2. The summed E-state index contributed by atoms with van der Waals surface area (Å²) < 4.78 is 0. The van der Waals surface area contributed by atoms with Crippen molar-refractivity contribution in [2.75, 3.05) is 13.1 Å². The van der Waals surface area contributed by atoms with Crippen molar-refractivity contribution in [3.63, 3.8) is 0 Å². The van der Waals surface area contributed by atoms with Crippen LogP contribution in [0.1, 0.15) is 147 Å². The summed E-state index contributed by atoms with van der Waals surface area (Å²) in [5, 5.41) is 0. The van der Waals surface area contributed by atoms with Crippen LogP contribution in [0.25, 0.3) is 0 Å². The second kappa shape index (κ2) is 19.8. The zero-order chi connectivity index (χ0) is 29.0. The molecule has 2 atom stereocenters. The molecule has 2 aromatic rings. The maximum absolute atomic E-state index is 2.75. The minimum atomic E-state index is -0.0524. The van der Waals surface area contributed by atoms with Gasteiger partial charge in [0.05, 0.1) is 0 Å². The number of hydrogen-bond donors (Lipinski definition) is 0. The van der Waals surface area contributed by atoms with Crippen LogP contribution in [-0.2, 0) is 6.42 Å². The highest BCUT2D eigenvalue weighted by Crippen LogP contribution is 2.45. The van der Waals surface area contributed by atoms with Gasteiger partial charge in [0.1, 0.15) is 5.66 Å². The van der Waals surface area contributed by atoms with Crippen LogP contribution in [-0.4, -0.2) is 28.6 Å². The van der Waals surface area contributed by atoms with Gasteiger partial charge in [0, 0.05) is 37.8 Å². The van der Waals surface area contributed by atoms with Gasteiger partial charge in [-0.2, -0.15) is 0 Å². The summed E-state index contributed by atoms with van der Waals surface area (Å²) in [6, 6.07) is 22.6. The highest BCUT2D eigenvalue weighted by Gasteiger charge is 2.49. The molecule has 0 bridgehead atoms. The third-order valence-corrected chi connectivity index (χ3v) is 9.40. The first-order chi connectivity index (χ1) is 20.3. The number of benzene rings is 2. The van der Waals surface area contributed by atoms with Crippen molar-refractivity contribution in [1.29, 1.82) is 0 Å². The molecule has 0 N–H and O–H groups in total. The lowest BCUT2D eigenvalue weighted by molar-refractivity contribution is -0.00355. The summed E-state index contributed by atoms with van der Waals surface area (Å²) in [6.07, 6.45) is 29.3. The maximum Gasteiger partial charge on any atom is 0.123 e. The van der Waals surface area contributed by atoms with Crippen molar-refractivity contribution >= 4 is 0 Å². The molecule has 1 aliphatic heterocycles. The molecule has 2 heteroatoms. The number of rotatable bonds is 23. The van der Waals surface area contributed by atoms with Gasteiger partial charge in [-0.15, -0.1) is 0 Å². The van der Waals surface area contributed by atoms with Crippen molar-refractivity contribution < 1.29 is 0 Å². The number of unbranched alkanes of at least 4 members (excludes halogenated alkanes) is 14. The number of nitrogens with zero attached hydrogens (tertiary/aromatic N) is 2. The molecule has 0 aliphatic carbocycles. The summed E-state index contributed by atoms with van der Waals surface area (Å²) in [5.74, 6) is 0.447. The summed E-state index contributed by atoms with van der Waals surface area (Å²) in [4.78, 5) is 5.46. The van der Waals surface area contributed by atoms with Gasteiger partial charge >= 0.3 is 0 Å². The molecule has 41 heavy (non-hydrogen) atoms. The fraction of sp³-hybridized carbons (Fsp3) is 0.641. The largest absolute Gasteiger partial charge is 0.353 e. The van der Waals surface area contributed by atoms with Gasteiger partial charge in [-0.1, -0.05) is 171 Å². The van der Waals surface area contributed by atoms with Crippen LogP contribution in [0.3, 0.4) is 0 Å². The molecule has 0 amide bonds. The molecule has 2 unspecified atom stereocenters. The molecule has 2 aromatic carbocycles. The third kappa shape index (κ3) is 10.5. The van der Waals surface area contributed by atoms with Crippen LogP contribution in [0.15, 0.2) is 73.1 Å². The molecule has 1 heterocycles. The van der Waals surface area contributed by atoms with Crippen LogP contribution in [0.4, 0.5) is 0 Å². The van der Waals surface area contributed by atoms with Crippen LogP contribution in [0.2, 0.25) is 0 Å². The van der Waals surface area contributed by atoms with Gasteiger partial charge in [0.15, 0.2) is 0 Å². The first-order valence-corrected chi connectivity index (χ1v) is 17.6. The van der Waals surface area contributed by atoms with E-state index in [9.17, 15) is 0 Å². The Morgan fingerprint density at radius 3 is 1.44 bits per heavy atom. The highest BCUT2D eigenvalue weighted by atomic mass is 15.4. The van der Waals surface area contributed by atoms with Gasteiger partial charge in [0.25, 0.3) is 0 Å². The Morgan fingerprint density at radius 2 is 0.951 bits per heavy atom. The molecule has 0 saturated heterocycles. The molecule has 0 radical (unpaired) electrons. The first kappa shape index (κ1) is 33.3. The SMILES string of the molecule is CCCCCCCCCCCCCCCCN1C=CN(CCCC)C1(Cc1ccccc1)C(CC)c1ccccc1. The van der Waals surface area contributed by atoms with Crippen LogP contribution >= 0.6 is 0 Å². The minimum Gasteiger partial charge on any atom is -0.353 e. The Kier molecular flexibility index (Phi) is 16.1. The van der Waals surface area contributed by atoms with Gasteiger partial charge in [-0.25, -0.2) is 0 Å². The fourth-order valence-electron chi connectivity index (χ4n) is 7.06. The van der Waals surface area contributed by atoms with Crippen LogP contribution in [0, 0.1) is 0 Å². The fourth-order valence-corrected chi connectivity index (χ4v) is 7.06. The normalized spacial score (nSPS) is 17.4. The predicted molar refractivity (Wildman–Crippen MR) is 180 cm³/mol. The zero-order valence-electron chi connectivity index (χ0n) is 27.0.